The van der Waals surface area contributed by atoms with Gasteiger partial charge < -0.3 is 10.1 Å². The van der Waals surface area contributed by atoms with Gasteiger partial charge >= 0.3 is 0 Å². The molecule has 0 heterocycles. The van der Waals surface area contributed by atoms with Crippen LogP contribution in [-0.4, -0.2) is 12.0 Å². The molecular weight excluding hydrogens is 318 g/mol. The SMILES string of the molecule is Cc1cccc(O[C@H](C)C(=O)Nc2ccccc2Br)c1. The molecule has 1 N–H and O–H groups in total. The third-order valence-corrected chi connectivity index (χ3v) is 3.49. The standard InChI is InChI=1S/C16H16BrNO2/c1-11-6-5-7-13(10-11)20-12(2)16(19)18-15-9-4-3-8-14(15)17/h3-10,12H,1-2H3,(H,18,19)/t12-/m1/s1. The van der Waals surface area contributed by atoms with E-state index in [9.17, 15) is 4.79 Å². The summed E-state index contributed by atoms with van der Waals surface area (Å²) in [7, 11) is 0. The summed E-state index contributed by atoms with van der Waals surface area (Å²) < 4.78 is 6.49. The lowest BCUT2D eigenvalue weighted by molar-refractivity contribution is -0.122. The molecule has 1 atom stereocenters. The second-order valence-corrected chi connectivity index (χ2v) is 5.40. The van der Waals surface area contributed by atoms with Crippen LogP contribution in [-0.2, 0) is 4.79 Å². The first kappa shape index (κ1) is 14.6. The van der Waals surface area contributed by atoms with Crippen molar-refractivity contribution in [2.75, 3.05) is 5.32 Å². The highest BCUT2D eigenvalue weighted by atomic mass is 79.9. The molecule has 1 amide bonds. The normalized spacial score (nSPS) is 11.8. The molecule has 104 valence electrons. The molecule has 0 bridgehead atoms. The number of hydrogen-bond donors (Lipinski definition) is 1. The minimum Gasteiger partial charge on any atom is -0.481 e. The number of para-hydroxylation sites is 1. The number of amides is 1. The van der Waals surface area contributed by atoms with Gasteiger partial charge in [-0.3, -0.25) is 4.79 Å². The zero-order valence-corrected chi connectivity index (χ0v) is 13.0. The van der Waals surface area contributed by atoms with Gasteiger partial charge in [-0.2, -0.15) is 0 Å². The summed E-state index contributed by atoms with van der Waals surface area (Å²) in [5.41, 5.74) is 1.83. The van der Waals surface area contributed by atoms with Gasteiger partial charge in [0.1, 0.15) is 5.75 Å². The first-order valence-corrected chi connectivity index (χ1v) is 7.14. The van der Waals surface area contributed by atoms with E-state index in [-0.39, 0.29) is 5.91 Å². The van der Waals surface area contributed by atoms with E-state index in [4.69, 9.17) is 4.74 Å². The maximum absolute atomic E-state index is 12.1. The predicted molar refractivity (Wildman–Crippen MR) is 84.0 cm³/mol. The Hall–Kier alpha value is -1.81. The van der Waals surface area contributed by atoms with Crippen LogP contribution in [0.3, 0.4) is 0 Å². The topological polar surface area (TPSA) is 38.3 Å². The lowest BCUT2D eigenvalue weighted by Gasteiger charge is -2.15. The molecule has 0 spiro atoms. The van der Waals surface area contributed by atoms with Crippen molar-refractivity contribution >= 4 is 27.5 Å². The molecule has 2 aromatic rings. The van der Waals surface area contributed by atoms with Crippen molar-refractivity contribution < 1.29 is 9.53 Å². The van der Waals surface area contributed by atoms with Crippen molar-refractivity contribution in [2.24, 2.45) is 0 Å². The molecule has 0 fully saturated rings. The maximum Gasteiger partial charge on any atom is 0.265 e. The van der Waals surface area contributed by atoms with E-state index in [1.54, 1.807) is 6.92 Å². The lowest BCUT2D eigenvalue weighted by atomic mass is 10.2. The van der Waals surface area contributed by atoms with Crippen LogP contribution in [0.2, 0.25) is 0 Å². The third kappa shape index (κ3) is 3.84. The summed E-state index contributed by atoms with van der Waals surface area (Å²) in [5, 5.41) is 2.83. The summed E-state index contributed by atoms with van der Waals surface area (Å²) in [6, 6.07) is 15.1. The minimum absolute atomic E-state index is 0.182. The Morgan fingerprint density at radius 1 is 1.20 bits per heavy atom. The highest BCUT2D eigenvalue weighted by Gasteiger charge is 2.15. The second-order valence-electron chi connectivity index (χ2n) is 4.55. The summed E-state index contributed by atoms with van der Waals surface area (Å²) in [4.78, 5) is 12.1. The molecule has 0 unspecified atom stereocenters. The first-order chi connectivity index (χ1) is 9.56. The third-order valence-electron chi connectivity index (χ3n) is 2.80. The number of hydrogen-bond acceptors (Lipinski definition) is 2. The highest BCUT2D eigenvalue weighted by Crippen LogP contribution is 2.22. The van der Waals surface area contributed by atoms with E-state index < -0.39 is 6.10 Å². The highest BCUT2D eigenvalue weighted by molar-refractivity contribution is 9.10. The Bertz CT molecular complexity index is 613. The Morgan fingerprint density at radius 3 is 2.65 bits per heavy atom. The van der Waals surface area contributed by atoms with Gasteiger partial charge in [0, 0.05) is 4.47 Å². The fourth-order valence-electron chi connectivity index (χ4n) is 1.74. The van der Waals surface area contributed by atoms with Crippen molar-refractivity contribution in [1.82, 2.24) is 0 Å². The van der Waals surface area contributed by atoms with Crippen molar-refractivity contribution in [1.29, 1.82) is 0 Å². The van der Waals surface area contributed by atoms with Crippen LogP contribution in [0.5, 0.6) is 5.75 Å². The van der Waals surface area contributed by atoms with E-state index in [0.29, 0.717) is 5.75 Å². The lowest BCUT2D eigenvalue weighted by Crippen LogP contribution is -2.30. The number of rotatable bonds is 4. The second kappa shape index (κ2) is 6.57. The van der Waals surface area contributed by atoms with E-state index in [1.165, 1.54) is 0 Å². The summed E-state index contributed by atoms with van der Waals surface area (Å²) >= 11 is 3.39. The quantitative estimate of drug-likeness (QED) is 0.912. The Balaban J connectivity index is 2.01. The average molecular weight is 334 g/mol. The monoisotopic (exact) mass is 333 g/mol. The summed E-state index contributed by atoms with van der Waals surface area (Å²) in [5.74, 6) is 0.512. The zero-order chi connectivity index (χ0) is 14.5. The van der Waals surface area contributed by atoms with E-state index in [1.807, 2.05) is 55.5 Å². The van der Waals surface area contributed by atoms with Crippen LogP contribution < -0.4 is 10.1 Å². The van der Waals surface area contributed by atoms with Crippen molar-refractivity contribution in [3.8, 4) is 5.75 Å². The summed E-state index contributed by atoms with van der Waals surface area (Å²) in [6.45, 7) is 3.72. The number of ether oxygens (including phenoxy) is 1. The Morgan fingerprint density at radius 2 is 1.95 bits per heavy atom. The number of anilines is 1. The minimum atomic E-state index is -0.566. The van der Waals surface area contributed by atoms with Gasteiger partial charge in [-0.25, -0.2) is 0 Å². The smallest absolute Gasteiger partial charge is 0.265 e. The number of nitrogens with one attached hydrogen (secondary N) is 1. The predicted octanol–water partition coefficient (Wildman–Crippen LogP) is 4.16. The molecule has 0 aliphatic heterocycles. The van der Waals surface area contributed by atoms with Crippen LogP contribution in [0.1, 0.15) is 12.5 Å². The van der Waals surface area contributed by atoms with Gasteiger partial charge in [0.15, 0.2) is 6.10 Å². The van der Waals surface area contributed by atoms with Crippen LogP contribution in [0, 0.1) is 6.92 Å². The molecule has 20 heavy (non-hydrogen) atoms. The van der Waals surface area contributed by atoms with Gasteiger partial charge in [-0.05, 0) is 59.6 Å². The average Bonchev–Trinajstić information content (AvgIpc) is 2.41. The molecule has 2 aromatic carbocycles. The zero-order valence-electron chi connectivity index (χ0n) is 11.4. The molecule has 0 radical (unpaired) electrons. The number of benzene rings is 2. The number of halogens is 1. The van der Waals surface area contributed by atoms with Gasteiger partial charge in [0.2, 0.25) is 0 Å². The van der Waals surface area contributed by atoms with Crippen molar-refractivity contribution in [2.45, 2.75) is 20.0 Å². The van der Waals surface area contributed by atoms with E-state index >= 15 is 0 Å². The molecule has 0 saturated heterocycles. The molecule has 3 nitrogen and oxygen atoms in total. The van der Waals surface area contributed by atoms with Gasteiger partial charge in [-0.1, -0.05) is 24.3 Å². The van der Waals surface area contributed by atoms with Crippen LogP contribution >= 0.6 is 15.9 Å². The van der Waals surface area contributed by atoms with Crippen molar-refractivity contribution in [3.05, 3.63) is 58.6 Å². The Labute approximate surface area is 127 Å². The molecule has 4 heteroatoms. The fraction of sp³-hybridized carbons (Fsp3) is 0.188. The van der Waals surface area contributed by atoms with Crippen molar-refractivity contribution in [3.63, 3.8) is 0 Å². The molecule has 0 saturated carbocycles. The van der Waals surface area contributed by atoms with Crippen LogP contribution in [0.15, 0.2) is 53.0 Å². The first-order valence-electron chi connectivity index (χ1n) is 6.35. The largest absolute Gasteiger partial charge is 0.481 e. The maximum atomic E-state index is 12.1. The fourth-order valence-corrected chi connectivity index (χ4v) is 2.13. The molecule has 0 aliphatic carbocycles. The molecular formula is C16H16BrNO2. The number of aryl methyl sites for hydroxylation is 1. The van der Waals surface area contributed by atoms with Gasteiger partial charge in [0.25, 0.3) is 5.91 Å². The number of carbonyl (C=O) groups excluding carboxylic acids is 1. The molecule has 2 rings (SSSR count). The van der Waals surface area contributed by atoms with Gasteiger partial charge in [-0.15, -0.1) is 0 Å². The van der Waals surface area contributed by atoms with E-state index in [2.05, 4.69) is 21.2 Å². The van der Waals surface area contributed by atoms with Gasteiger partial charge in [0.05, 0.1) is 5.69 Å². The Kier molecular flexibility index (Phi) is 4.79. The summed E-state index contributed by atoms with van der Waals surface area (Å²) in [6.07, 6.45) is -0.566. The number of carbonyl (C=O) groups is 1. The van der Waals surface area contributed by atoms with Crippen LogP contribution in [0.4, 0.5) is 5.69 Å². The van der Waals surface area contributed by atoms with E-state index in [0.717, 1.165) is 15.7 Å². The molecule has 0 aliphatic rings. The van der Waals surface area contributed by atoms with Crippen LogP contribution in [0.25, 0.3) is 0 Å². The molecule has 0 aromatic heterocycles.